The molecule has 0 radical (unpaired) electrons. The van der Waals surface area contributed by atoms with Gasteiger partial charge in [0.05, 0.1) is 7.11 Å². The van der Waals surface area contributed by atoms with Crippen LogP contribution >= 0.6 is 11.6 Å². The van der Waals surface area contributed by atoms with Gasteiger partial charge in [0.15, 0.2) is 6.61 Å². The molecule has 0 fully saturated rings. The fourth-order valence-corrected chi connectivity index (χ4v) is 1.49. The molecule has 1 amide bonds. The van der Waals surface area contributed by atoms with Gasteiger partial charge >= 0.3 is 5.97 Å². The van der Waals surface area contributed by atoms with Gasteiger partial charge < -0.3 is 14.4 Å². The Hall–Kier alpha value is -1.75. The molecule has 5 nitrogen and oxygen atoms in total. The first-order valence-electron chi connectivity index (χ1n) is 5.79. The minimum absolute atomic E-state index is 0.0736. The van der Waals surface area contributed by atoms with Crippen LogP contribution in [0.4, 0.5) is 0 Å². The average molecular weight is 286 g/mol. The van der Waals surface area contributed by atoms with E-state index in [0.29, 0.717) is 17.3 Å². The maximum absolute atomic E-state index is 11.8. The zero-order valence-electron chi connectivity index (χ0n) is 10.9. The standard InChI is InChI=1S/C13H16ClNO4/c1-3-15(8-13(17)18-2)12(16)9-19-11-6-4-10(14)5-7-11/h4-7H,3,8-9H2,1-2H3. The number of halogens is 1. The number of nitrogens with zero attached hydrogens (tertiary/aromatic N) is 1. The average Bonchev–Trinajstić information content (AvgIpc) is 2.43. The molecule has 0 aliphatic rings. The van der Waals surface area contributed by atoms with Crippen LogP contribution in [0, 0.1) is 0 Å². The van der Waals surface area contributed by atoms with Gasteiger partial charge in [0.25, 0.3) is 5.91 Å². The topological polar surface area (TPSA) is 55.8 Å². The van der Waals surface area contributed by atoms with Gasteiger partial charge in [-0.2, -0.15) is 0 Å². The summed E-state index contributed by atoms with van der Waals surface area (Å²) in [4.78, 5) is 24.3. The molecule has 0 aliphatic heterocycles. The fraction of sp³-hybridized carbons (Fsp3) is 0.385. The molecule has 0 atom stereocenters. The summed E-state index contributed by atoms with van der Waals surface area (Å²) in [5.41, 5.74) is 0. The highest BCUT2D eigenvalue weighted by Gasteiger charge is 2.16. The summed E-state index contributed by atoms with van der Waals surface area (Å²) in [6.45, 7) is 1.99. The number of hydrogen-bond donors (Lipinski definition) is 0. The first-order valence-corrected chi connectivity index (χ1v) is 6.17. The van der Waals surface area contributed by atoms with Crippen LogP contribution in [0.5, 0.6) is 5.75 Å². The van der Waals surface area contributed by atoms with Crippen molar-refractivity contribution in [1.82, 2.24) is 4.90 Å². The number of amides is 1. The molecular formula is C13H16ClNO4. The molecule has 1 aromatic carbocycles. The van der Waals surface area contributed by atoms with E-state index in [2.05, 4.69) is 4.74 Å². The van der Waals surface area contributed by atoms with Gasteiger partial charge in [0.2, 0.25) is 0 Å². The van der Waals surface area contributed by atoms with E-state index in [1.54, 1.807) is 31.2 Å². The molecule has 6 heteroatoms. The number of esters is 1. The van der Waals surface area contributed by atoms with Gasteiger partial charge in [-0.15, -0.1) is 0 Å². The molecule has 0 bridgehead atoms. The van der Waals surface area contributed by atoms with Crippen LogP contribution in [0.25, 0.3) is 0 Å². The number of carbonyl (C=O) groups excluding carboxylic acids is 2. The Kier molecular flexibility index (Phi) is 6.15. The molecule has 0 spiro atoms. The van der Waals surface area contributed by atoms with E-state index >= 15 is 0 Å². The summed E-state index contributed by atoms with van der Waals surface area (Å²) in [6.07, 6.45) is 0. The molecule has 104 valence electrons. The molecule has 0 N–H and O–H groups in total. The van der Waals surface area contributed by atoms with Gasteiger partial charge in [-0.25, -0.2) is 0 Å². The zero-order chi connectivity index (χ0) is 14.3. The summed E-state index contributed by atoms with van der Waals surface area (Å²) in [5.74, 6) is -0.184. The van der Waals surface area contributed by atoms with Crippen molar-refractivity contribution in [3.63, 3.8) is 0 Å². The van der Waals surface area contributed by atoms with E-state index in [-0.39, 0.29) is 19.1 Å². The Morgan fingerprint density at radius 3 is 2.42 bits per heavy atom. The molecule has 0 saturated carbocycles. The lowest BCUT2D eigenvalue weighted by Gasteiger charge is -2.19. The van der Waals surface area contributed by atoms with Crippen LogP contribution in [-0.2, 0) is 14.3 Å². The highest BCUT2D eigenvalue weighted by molar-refractivity contribution is 6.30. The Balaban J connectivity index is 2.48. The number of benzene rings is 1. The van der Waals surface area contributed by atoms with Crippen molar-refractivity contribution in [3.05, 3.63) is 29.3 Å². The third-order valence-electron chi connectivity index (χ3n) is 2.46. The van der Waals surface area contributed by atoms with Gasteiger partial charge in [-0.3, -0.25) is 9.59 Å². The molecule has 0 aromatic heterocycles. The van der Waals surface area contributed by atoms with Crippen molar-refractivity contribution in [2.75, 3.05) is 26.8 Å². The number of hydrogen-bond acceptors (Lipinski definition) is 4. The molecular weight excluding hydrogens is 270 g/mol. The van der Waals surface area contributed by atoms with Gasteiger partial charge in [0, 0.05) is 11.6 Å². The number of carbonyl (C=O) groups is 2. The largest absolute Gasteiger partial charge is 0.484 e. The second-order valence-corrected chi connectivity index (χ2v) is 4.16. The maximum atomic E-state index is 11.8. The summed E-state index contributed by atoms with van der Waals surface area (Å²) < 4.78 is 9.84. The van der Waals surface area contributed by atoms with E-state index in [1.807, 2.05) is 0 Å². The SMILES string of the molecule is CCN(CC(=O)OC)C(=O)COc1ccc(Cl)cc1. The number of likely N-dealkylation sites (N-methyl/N-ethyl adjacent to an activating group) is 1. The quantitative estimate of drug-likeness (QED) is 0.747. The molecule has 0 unspecified atom stereocenters. The number of ether oxygens (including phenoxy) is 2. The lowest BCUT2D eigenvalue weighted by molar-refractivity contribution is -0.147. The normalized spacial score (nSPS) is 9.84. The summed E-state index contributed by atoms with van der Waals surface area (Å²) in [5, 5.41) is 0.597. The summed E-state index contributed by atoms with van der Waals surface area (Å²) in [6, 6.07) is 6.69. The van der Waals surface area contributed by atoms with Crippen molar-refractivity contribution < 1.29 is 19.1 Å². The molecule has 0 aliphatic carbocycles. The molecule has 1 rings (SSSR count). The van der Waals surface area contributed by atoms with Crippen LogP contribution in [-0.4, -0.2) is 43.6 Å². The predicted molar refractivity (Wildman–Crippen MR) is 71.2 cm³/mol. The van der Waals surface area contributed by atoms with Crippen molar-refractivity contribution in [3.8, 4) is 5.75 Å². The van der Waals surface area contributed by atoms with Crippen molar-refractivity contribution in [2.45, 2.75) is 6.92 Å². The summed E-state index contributed by atoms with van der Waals surface area (Å²) in [7, 11) is 1.28. The monoisotopic (exact) mass is 285 g/mol. The van der Waals surface area contributed by atoms with Gasteiger partial charge in [0.1, 0.15) is 12.3 Å². The van der Waals surface area contributed by atoms with Gasteiger partial charge in [-0.05, 0) is 31.2 Å². The van der Waals surface area contributed by atoms with E-state index in [4.69, 9.17) is 16.3 Å². The van der Waals surface area contributed by atoms with Crippen molar-refractivity contribution in [1.29, 1.82) is 0 Å². The Morgan fingerprint density at radius 2 is 1.89 bits per heavy atom. The van der Waals surface area contributed by atoms with Crippen LogP contribution in [0.1, 0.15) is 6.92 Å². The Bertz CT molecular complexity index is 433. The smallest absolute Gasteiger partial charge is 0.325 e. The van der Waals surface area contributed by atoms with Crippen molar-refractivity contribution in [2.24, 2.45) is 0 Å². The van der Waals surface area contributed by atoms with Crippen molar-refractivity contribution >= 4 is 23.5 Å². The lowest BCUT2D eigenvalue weighted by atomic mass is 10.3. The van der Waals surface area contributed by atoms with E-state index in [0.717, 1.165) is 0 Å². The zero-order valence-corrected chi connectivity index (χ0v) is 11.6. The lowest BCUT2D eigenvalue weighted by Crippen LogP contribution is -2.38. The molecule has 0 heterocycles. The third kappa shape index (κ3) is 5.18. The second-order valence-electron chi connectivity index (χ2n) is 3.73. The van der Waals surface area contributed by atoms with E-state index in [1.165, 1.54) is 12.0 Å². The Morgan fingerprint density at radius 1 is 1.26 bits per heavy atom. The van der Waals surface area contributed by atoms with Crippen LogP contribution < -0.4 is 4.74 Å². The second kappa shape index (κ2) is 7.63. The Labute approximate surface area is 117 Å². The fourth-order valence-electron chi connectivity index (χ4n) is 1.36. The van der Waals surface area contributed by atoms with Crippen LogP contribution in [0.2, 0.25) is 5.02 Å². The molecule has 1 aromatic rings. The molecule has 0 saturated heterocycles. The highest BCUT2D eigenvalue weighted by atomic mass is 35.5. The first kappa shape index (κ1) is 15.3. The maximum Gasteiger partial charge on any atom is 0.325 e. The third-order valence-corrected chi connectivity index (χ3v) is 2.71. The number of rotatable bonds is 6. The van der Waals surface area contributed by atoms with E-state index < -0.39 is 5.97 Å². The minimum Gasteiger partial charge on any atom is -0.484 e. The van der Waals surface area contributed by atoms with Gasteiger partial charge in [-0.1, -0.05) is 11.6 Å². The highest BCUT2D eigenvalue weighted by Crippen LogP contribution is 2.15. The predicted octanol–water partition coefficient (Wildman–Crippen LogP) is 1.74. The minimum atomic E-state index is -0.457. The molecule has 19 heavy (non-hydrogen) atoms. The van der Waals surface area contributed by atoms with Crippen LogP contribution in [0.15, 0.2) is 24.3 Å². The number of methoxy groups -OCH3 is 1. The van der Waals surface area contributed by atoms with Crippen LogP contribution in [0.3, 0.4) is 0 Å². The van der Waals surface area contributed by atoms with E-state index in [9.17, 15) is 9.59 Å². The summed E-state index contributed by atoms with van der Waals surface area (Å²) >= 11 is 5.74. The first-order chi connectivity index (χ1) is 9.06.